The van der Waals surface area contributed by atoms with Gasteiger partial charge in [0.2, 0.25) is 0 Å². The minimum Gasteiger partial charge on any atom is -0.756 e. The molecule has 59 heavy (non-hydrogen) atoms. The Labute approximate surface area is 361 Å². The van der Waals surface area contributed by atoms with Crippen LogP contribution >= 0.6 is 7.82 Å². The minimum absolute atomic E-state index is 0.0460. The number of carbonyl (C=O) groups excluding carboxylic acids is 2. The standard InChI is InChI=1S/C48H88NO9P/c1-6-8-10-11-12-13-14-15-16-17-18-19-20-21-22-25-28-31-35-39-47(51)55-43-46(44-57-59(53,54)56-42-41-49(3,4)5)58-48(52)40-36-32-29-26-23-24-27-30-34-38-45(50)37-33-9-7-2/h9,15-16,27,30,33-34,38,45-46,50H,6-8,10-14,17-26,28-29,31-32,35-37,39-44H2,1-5H3/b16-15-,30-27+,33-9+,38-34+/t45?,46-/m1/s1. The van der Waals surface area contributed by atoms with Gasteiger partial charge in [-0.05, 0) is 64.2 Å². The lowest BCUT2D eigenvalue weighted by atomic mass is 10.1. The Morgan fingerprint density at radius 3 is 1.68 bits per heavy atom. The van der Waals surface area contributed by atoms with E-state index in [4.69, 9.17) is 18.5 Å². The Balaban J connectivity index is 4.36. The number of hydrogen-bond acceptors (Lipinski definition) is 9. The van der Waals surface area contributed by atoms with Crippen molar-refractivity contribution in [2.45, 2.75) is 199 Å². The van der Waals surface area contributed by atoms with Crippen LogP contribution in [0, 0.1) is 0 Å². The quantitative estimate of drug-likeness (QED) is 0.0159. The molecular formula is C48H88NO9P. The van der Waals surface area contributed by atoms with E-state index in [9.17, 15) is 24.2 Å². The third kappa shape index (κ3) is 43.8. The first-order valence-corrected chi connectivity index (χ1v) is 24.9. The van der Waals surface area contributed by atoms with Crippen LogP contribution in [0.2, 0.25) is 0 Å². The molecule has 344 valence electrons. The molecule has 0 saturated carbocycles. The van der Waals surface area contributed by atoms with E-state index in [1.165, 1.54) is 83.5 Å². The van der Waals surface area contributed by atoms with Crippen LogP contribution in [0.25, 0.3) is 0 Å². The zero-order valence-electron chi connectivity index (χ0n) is 38.3. The number of aliphatic hydroxyl groups is 1. The Kier molecular flexibility index (Phi) is 38.6. The van der Waals surface area contributed by atoms with Crippen molar-refractivity contribution in [1.29, 1.82) is 0 Å². The van der Waals surface area contributed by atoms with Gasteiger partial charge in [0, 0.05) is 12.8 Å². The Hall–Kier alpha value is -2.07. The van der Waals surface area contributed by atoms with Crippen LogP contribution in [-0.2, 0) is 32.7 Å². The predicted molar refractivity (Wildman–Crippen MR) is 242 cm³/mol. The van der Waals surface area contributed by atoms with E-state index in [1.54, 1.807) is 6.08 Å². The number of likely N-dealkylation sites (N-methyl/N-ethyl adjacent to an activating group) is 1. The molecule has 0 fully saturated rings. The van der Waals surface area contributed by atoms with Gasteiger partial charge in [0.05, 0.1) is 33.9 Å². The van der Waals surface area contributed by atoms with E-state index in [1.807, 2.05) is 45.4 Å². The average molecular weight is 854 g/mol. The lowest BCUT2D eigenvalue weighted by Gasteiger charge is -2.28. The summed E-state index contributed by atoms with van der Waals surface area (Å²) < 4.78 is 33.9. The zero-order chi connectivity index (χ0) is 43.7. The normalized spacial score (nSPS) is 14.5. The number of rotatable bonds is 42. The minimum atomic E-state index is -4.65. The molecule has 0 aromatic rings. The largest absolute Gasteiger partial charge is 0.756 e. The second-order valence-corrected chi connectivity index (χ2v) is 18.3. The molecule has 0 aromatic heterocycles. The third-order valence-electron chi connectivity index (χ3n) is 9.91. The Morgan fingerprint density at radius 1 is 0.627 bits per heavy atom. The zero-order valence-corrected chi connectivity index (χ0v) is 39.2. The average Bonchev–Trinajstić information content (AvgIpc) is 3.18. The summed E-state index contributed by atoms with van der Waals surface area (Å²) in [5, 5.41) is 9.89. The Morgan fingerprint density at radius 2 is 1.14 bits per heavy atom. The van der Waals surface area contributed by atoms with Gasteiger partial charge in [0.1, 0.15) is 19.8 Å². The van der Waals surface area contributed by atoms with Gasteiger partial charge in [-0.2, -0.15) is 0 Å². The van der Waals surface area contributed by atoms with Crippen LogP contribution in [0.1, 0.15) is 187 Å². The van der Waals surface area contributed by atoms with Crippen molar-refractivity contribution in [1.82, 2.24) is 0 Å². The van der Waals surface area contributed by atoms with Crippen LogP contribution in [0.5, 0.6) is 0 Å². The molecule has 11 heteroatoms. The molecule has 2 unspecified atom stereocenters. The topological polar surface area (TPSA) is 131 Å². The molecular weight excluding hydrogens is 766 g/mol. The summed E-state index contributed by atoms with van der Waals surface area (Å²) in [5.74, 6) is -0.890. The second-order valence-electron chi connectivity index (χ2n) is 16.9. The summed E-state index contributed by atoms with van der Waals surface area (Å²) in [4.78, 5) is 37.6. The maximum Gasteiger partial charge on any atom is 0.306 e. The summed E-state index contributed by atoms with van der Waals surface area (Å²) in [5.41, 5.74) is 0. The smallest absolute Gasteiger partial charge is 0.306 e. The van der Waals surface area contributed by atoms with Crippen molar-refractivity contribution < 1.29 is 47.2 Å². The maximum absolute atomic E-state index is 12.7. The highest BCUT2D eigenvalue weighted by Gasteiger charge is 2.21. The first kappa shape index (κ1) is 56.9. The van der Waals surface area contributed by atoms with E-state index in [0.717, 1.165) is 64.2 Å². The summed E-state index contributed by atoms with van der Waals surface area (Å²) in [6, 6.07) is 0. The van der Waals surface area contributed by atoms with E-state index < -0.39 is 38.6 Å². The highest BCUT2D eigenvalue weighted by Crippen LogP contribution is 2.38. The van der Waals surface area contributed by atoms with Gasteiger partial charge in [0.15, 0.2) is 6.10 Å². The molecule has 10 nitrogen and oxygen atoms in total. The number of nitrogens with zero attached hydrogens (tertiary/aromatic N) is 1. The first-order valence-electron chi connectivity index (χ1n) is 23.5. The molecule has 0 aliphatic heterocycles. The van der Waals surface area contributed by atoms with E-state index >= 15 is 0 Å². The summed E-state index contributed by atoms with van der Waals surface area (Å²) in [6.45, 7) is 3.97. The van der Waals surface area contributed by atoms with Crippen LogP contribution in [0.15, 0.2) is 48.6 Å². The van der Waals surface area contributed by atoms with Crippen molar-refractivity contribution >= 4 is 19.8 Å². The summed E-state index contributed by atoms with van der Waals surface area (Å²) in [6.07, 6.45) is 43.2. The fraction of sp³-hybridized carbons (Fsp3) is 0.792. The summed E-state index contributed by atoms with van der Waals surface area (Å²) >= 11 is 0. The van der Waals surface area contributed by atoms with Crippen LogP contribution < -0.4 is 4.89 Å². The lowest BCUT2D eigenvalue weighted by Crippen LogP contribution is -2.37. The first-order chi connectivity index (χ1) is 28.4. The van der Waals surface area contributed by atoms with Gasteiger partial charge < -0.3 is 33.0 Å². The highest BCUT2D eigenvalue weighted by molar-refractivity contribution is 7.45. The number of unbranched alkanes of at least 4 members (excludes halogenated alkanes) is 20. The molecule has 3 atom stereocenters. The maximum atomic E-state index is 12.7. The Bertz CT molecular complexity index is 1160. The van der Waals surface area contributed by atoms with E-state index in [2.05, 4.69) is 32.1 Å². The highest BCUT2D eigenvalue weighted by atomic mass is 31.2. The predicted octanol–water partition coefficient (Wildman–Crippen LogP) is 11.8. The molecule has 0 heterocycles. The number of ether oxygens (including phenoxy) is 2. The van der Waals surface area contributed by atoms with Gasteiger partial charge in [-0.25, -0.2) is 0 Å². The van der Waals surface area contributed by atoms with Crippen molar-refractivity contribution in [3.8, 4) is 0 Å². The molecule has 0 rings (SSSR count). The van der Waals surface area contributed by atoms with Gasteiger partial charge >= 0.3 is 11.9 Å². The number of quaternary nitrogens is 1. The second kappa shape index (κ2) is 40.0. The molecule has 0 radical (unpaired) electrons. The number of phosphoric ester groups is 1. The number of carbonyl (C=O) groups is 2. The van der Waals surface area contributed by atoms with E-state index in [0.29, 0.717) is 23.9 Å². The molecule has 1 N–H and O–H groups in total. The fourth-order valence-electron chi connectivity index (χ4n) is 6.21. The molecule has 0 bridgehead atoms. The van der Waals surface area contributed by atoms with Gasteiger partial charge in [0.25, 0.3) is 7.82 Å². The number of hydrogen-bond donors (Lipinski definition) is 1. The van der Waals surface area contributed by atoms with Crippen molar-refractivity contribution in [2.24, 2.45) is 0 Å². The third-order valence-corrected chi connectivity index (χ3v) is 10.9. The molecule has 0 spiro atoms. The van der Waals surface area contributed by atoms with Gasteiger partial charge in [-0.1, -0.05) is 159 Å². The van der Waals surface area contributed by atoms with Crippen LogP contribution in [0.3, 0.4) is 0 Å². The number of aliphatic hydroxyl groups excluding tert-OH is 1. The molecule has 0 aliphatic rings. The summed E-state index contributed by atoms with van der Waals surface area (Å²) in [7, 11) is 1.11. The van der Waals surface area contributed by atoms with Crippen molar-refractivity contribution in [2.75, 3.05) is 47.5 Å². The molecule has 0 aliphatic carbocycles. The van der Waals surface area contributed by atoms with Gasteiger partial charge in [-0.15, -0.1) is 0 Å². The van der Waals surface area contributed by atoms with Crippen molar-refractivity contribution in [3.05, 3.63) is 48.6 Å². The SMILES string of the molecule is CC/C=C/CC(O)/C=C/C=C/CCCCCCCC(=O)O[C@H](COC(=O)CCCCCCCCCCC/C=C\CCCCCCCC)COP(=O)([O-])OCC[N+](C)(C)C. The number of esters is 2. The van der Waals surface area contributed by atoms with E-state index in [-0.39, 0.29) is 26.1 Å². The molecule has 0 aromatic carbocycles. The lowest BCUT2D eigenvalue weighted by molar-refractivity contribution is -0.870. The molecule has 0 saturated heterocycles. The van der Waals surface area contributed by atoms with Crippen LogP contribution in [-0.4, -0.2) is 81.2 Å². The fourth-order valence-corrected chi connectivity index (χ4v) is 6.94. The van der Waals surface area contributed by atoms with Crippen LogP contribution in [0.4, 0.5) is 0 Å². The van der Waals surface area contributed by atoms with Gasteiger partial charge in [-0.3, -0.25) is 14.2 Å². The number of allylic oxidation sites excluding steroid dienone is 6. The number of phosphoric acid groups is 1. The monoisotopic (exact) mass is 854 g/mol. The molecule has 0 amide bonds. The van der Waals surface area contributed by atoms with Crippen molar-refractivity contribution in [3.63, 3.8) is 0 Å².